The molecule has 33 heavy (non-hydrogen) atoms. The van der Waals surface area contributed by atoms with Crippen molar-refractivity contribution in [3.05, 3.63) is 46.8 Å². The Labute approximate surface area is 197 Å². The molecule has 176 valence electrons. The number of aromatic nitrogens is 3. The maximum absolute atomic E-state index is 14.3. The van der Waals surface area contributed by atoms with Gasteiger partial charge in [0, 0.05) is 35.5 Å². The molecule has 4 rings (SSSR count). The summed E-state index contributed by atoms with van der Waals surface area (Å²) in [4.78, 5) is 26.6. The Morgan fingerprint density at radius 2 is 2.00 bits per heavy atom. The molecule has 3 heterocycles. The molecule has 2 unspecified atom stereocenters. The van der Waals surface area contributed by atoms with Gasteiger partial charge in [0.15, 0.2) is 0 Å². The van der Waals surface area contributed by atoms with Gasteiger partial charge in [-0.15, -0.1) is 0 Å². The minimum absolute atomic E-state index is 0.00860. The molecule has 3 aromatic rings. The van der Waals surface area contributed by atoms with Crippen LogP contribution in [0.15, 0.2) is 36.8 Å². The molecule has 2 N–H and O–H groups in total. The summed E-state index contributed by atoms with van der Waals surface area (Å²) in [5, 5.41) is 4.15. The van der Waals surface area contributed by atoms with Gasteiger partial charge >= 0.3 is 6.18 Å². The molecular formula is C21H21Cl2F3N6O. The molecule has 7 nitrogen and oxygen atoms in total. The number of benzene rings is 1. The number of likely N-dealkylation sites (tertiary alicyclic amines) is 1. The Kier molecular flexibility index (Phi) is 6.58. The lowest BCUT2D eigenvalue weighted by molar-refractivity contribution is -0.199. The lowest BCUT2D eigenvalue weighted by Crippen LogP contribution is -2.63. The number of rotatable bonds is 5. The molecule has 0 aliphatic carbocycles. The number of carbonyl (C=O) groups is 1. The molecular weight excluding hydrogens is 480 g/mol. The molecule has 1 aromatic carbocycles. The largest absolute Gasteiger partial charge is 0.410 e. The first-order chi connectivity index (χ1) is 15.6. The highest BCUT2D eigenvalue weighted by molar-refractivity contribution is 6.35. The molecule has 1 aliphatic heterocycles. The van der Waals surface area contributed by atoms with E-state index in [1.807, 2.05) is 0 Å². The standard InChI is InChI=1S/C21H21Cl2F3N6O/c1-31(20-15-4-5-27-19(15)29-11-30-20)16-3-2-6-32(18(16)21(24,25)26)17(33)10-28-14-8-12(22)7-13(23)9-14/h4-5,7-9,11,16,18,28H,2-3,6,10H2,1H3,(H,27,29,30). The van der Waals surface area contributed by atoms with Crippen molar-refractivity contribution in [1.29, 1.82) is 0 Å². The van der Waals surface area contributed by atoms with E-state index in [1.54, 1.807) is 31.4 Å². The molecule has 0 saturated carbocycles. The van der Waals surface area contributed by atoms with Crippen molar-refractivity contribution >= 4 is 51.6 Å². The number of hydrogen-bond donors (Lipinski definition) is 2. The van der Waals surface area contributed by atoms with E-state index >= 15 is 0 Å². The van der Waals surface area contributed by atoms with E-state index in [0.29, 0.717) is 39.0 Å². The minimum Gasteiger partial charge on any atom is -0.376 e. The number of alkyl halides is 3. The Morgan fingerprint density at radius 3 is 2.70 bits per heavy atom. The first kappa shape index (κ1) is 23.4. The fourth-order valence-electron chi connectivity index (χ4n) is 4.29. The smallest absolute Gasteiger partial charge is 0.376 e. The number of piperidine rings is 1. The summed E-state index contributed by atoms with van der Waals surface area (Å²) in [5.74, 6) is -0.289. The van der Waals surface area contributed by atoms with Crippen LogP contribution in [-0.4, -0.2) is 64.2 Å². The third-order valence-electron chi connectivity index (χ3n) is 5.73. The predicted octanol–water partition coefficient (Wildman–Crippen LogP) is 4.73. The van der Waals surface area contributed by atoms with Crippen LogP contribution in [0.5, 0.6) is 0 Å². The van der Waals surface area contributed by atoms with Crippen LogP contribution in [0.2, 0.25) is 10.0 Å². The molecule has 0 bridgehead atoms. The van der Waals surface area contributed by atoms with Crippen LogP contribution in [0.25, 0.3) is 11.0 Å². The Bertz CT molecular complexity index is 1130. The van der Waals surface area contributed by atoms with Gasteiger partial charge in [0.1, 0.15) is 23.8 Å². The van der Waals surface area contributed by atoms with Gasteiger partial charge in [-0.2, -0.15) is 13.2 Å². The number of hydrogen-bond acceptors (Lipinski definition) is 5. The second-order valence-corrected chi connectivity index (χ2v) is 8.72. The Morgan fingerprint density at radius 1 is 1.27 bits per heavy atom. The van der Waals surface area contributed by atoms with Crippen LogP contribution in [0, 0.1) is 0 Å². The van der Waals surface area contributed by atoms with Crippen molar-refractivity contribution in [3.8, 4) is 0 Å². The number of amides is 1. The highest BCUT2D eigenvalue weighted by atomic mass is 35.5. The second kappa shape index (κ2) is 9.26. The summed E-state index contributed by atoms with van der Waals surface area (Å²) < 4.78 is 42.9. The average Bonchev–Trinajstić information content (AvgIpc) is 3.24. The zero-order valence-corrected chi connectivity index (χ0v) is 19.0. The molecule has 0 spiro atoms. The summed E-state index contributed by atoms with van der Waals surface area (Å²) in [6.07, 6.45) is -0.977. The van der Waals surface area contributed by atoms with Crippen LogP contribution in [-0.2, 0) is 4.79 Å². The van der Waals surface area contributed by atoms with E-state index in [2.05, 4.69) is 20.3 Å². The number of carbonyl (C=O) groups excluding carboxylic acids is 1. The molecule has 1 fully saturated rings. The number of nitrogens with one attached hydrogen (secondary N) is 2. The van der Waals surface area contributed by atoms with Crippen LogP contribution in [0.4, 0.5) is 24.7 Å². The summed E-state index contributed by atoms with van der Waals surface area (Å²) in [6, 6.07) is 3.34. The van der Waals surface area contributed by atoms with Crippen LogP contribution >= 0.6 is 23.2 Å². The van der Waals surface area contributed by atoms with Gasteiger partial charge in [-0.05, 0) is 37.1 Å². The first-order valence-electron chi connectivity index (χ1n) is 10.2. The number of likely N-dealkylation sites (N-methyl/N-ethyl adjacent to an activating group) is 1. The SMILES string of the molecule is CN(c1ncnc2[nH]ccc12)C1CCCN(C(=O)CNc2cc(Cl)cc(Cl)c2)C1C(F)(F)F. The van der Waals surface area contributed by atoms with Crippen LogP contribution < -0.4 is 10.2 Å². The molecule has 2 atom stereocenters. The first-order valence-corrected chi connectivity index (χ1v) is 11.0. The zero-order chi connectivity index (χ0) is 23.8. The van der Waals surface area contributed by atoms with Crippen molar-refractivity contribution in [1.82, 2.24) is 19.9 Å². The van der Waals surface area contributed by atoms with E-state index < -0.39 is 24.2 Å². The number of H-pyrrole nitrogens is 1. The van der Waals surface area contributed by atoms with E-state index in [1.165, 1.54) is 17.3 Å². The number of nitrogens with zero attached hydrogens (tertiary/aromatic N) is 4. The quantitative estimate of drug-likeness (QED) is 0.529. The molecule has 0 radical (unpaired) electrons. The second-order valence-electron chi connectivity index (χ2n) is 7.84. The third kappa shape index (κ3) is 4.96. The van der Waals surface area contributed by atoms with Crippen LogP contribution in [0.1, 0.15) is 12.8 Å². The maximum Gasteiger partial charge on any atom is 0.410 e. The Balaban J connectivity index is 1.58. The van der Waals surface area contributed by atoms with Gasteiger partial charge in [0.2, 0.25) is 5.91 Å². The number of aromatic amines is 1. The van der Waals surface area contributed by atoms with Crippen molar-refractivity contribution in [2.24, 2.45) is 0 Å². The van der Waals surface area contributed by atoms with Gasteiger partial charge in [-0.1, -0.05) is 23.2 Å². The molecule has 1 amide bonds. The summed E-state index contributed by atoms with van der Waals surface area (Å²) in [5.41, 5.74) is 0.981. The van der Waals surface area contributed by atoms with Gasteiger partial charge in [-0.25, -0.2) is 9.97 Å². The number of fused-ring (bicyclic) bond motifs is 1. The van der Waals surface area contributed by atoms with Gasteiger partial charge in [-0.3, -0.25) is 4.79 Å². The Hall–Kier alpha value is -2.72. The maximum atomic E-state index is 14.3. The molecule has 12 heteroatoms. The van der Waals surface area contributed by atoms with Gasteiger partial charge in [0.25, 0.3) is 0 Å². The van der Waals surface area contributed by atoms with E-state index in [-0.39, 0.29) is 19.5 Å². The summed E-state index contributed by atoms with van der Waals surface area (Å²) in [7, 11) is 1.57. The monoisotopic (exact) mass is 500 g/mol. The highest BCUT2D eigenvalue weighted by Crippen LogP contribution is 2.37. The summed E-state index contributed by atoms with van der Waals surface area (Å²) in [6.45, 7) is -0.316. The van der Waals surface area contributed by atoms with Crippen molar-refractivity contribution in [3.63, 3.8) is 0 Å². The fourth-order valence-corrected chi connectivity index (χ4v) is 4.81. The minimum atomic E-state index is -4.63. The van der Waals surface area contributed by atoms with E-state index in [0.717, 1.165) is 4.90 Å². The lowest BCUT2D eigenvalue weighted by Gasteiger charge is -2.45. The van der Waals surface area contributed by atoms with E-state index in [9.17, 15) is 18.0 Å². The van der Waals surface area contributed by atoms with Crippen molar-refractivity contribution in [2.75, 3.05) is 30.4 Å². The average molecular weight is 501 g/mol. The van der Waals surface area contributed by atoms with E-state index in [4.69, 9.17) is 23.2 Å². The van der Waals surface area contributed by atoms with Gasteiger partial charge in [0.05, 0.1) is 18.0 Å². The normalized spacial score (nSPS) is 19.0. The topological polar surface area (TPSA) is 77.2 Å². The molecule has 1 saturated heterocycles. The number of anilines is 2. The third-order valence-corrected chi connectivity index (χ3v) is 6.16. The van der Waals surface area contributed by atoms with Crippen molar-refractivity contribution < 1.29 is 18.0 Å². The van der Waals surface area contributed by atoms with Crippen LogP contribution in [0.3, 0.4) is 0 Å². The van der Waals surface area contributed by atoms with Crippen molar-refractivity contribution in [2.45, 2.75) is 31.1 Å². The lowest BCUT2D eigenvalue weighted by atomic mass is 9.93. The van der Waals surface area contributed by atoms with Gasteiger partial charge < -0.3 is 20.1 Å². The zero-order valence-electron chi connectivity index (χ0n) is 17.5. The molecule has 2 aromatic heterocycles. The predicted molar refractivity (Wildman–Crippen MR) is 122 cm³/mol. The number of halogens is 5. The fraction of sp³-hybridized carbons (Fsp3) is 0.381. The highest BCUT2D eigenvalue weighted by Gasteiger charge is 2.52. The summed E-state index contributed by atoms with van der Waals surface area (Å²) >= 11 is 11.9. The molecule has 1 aliphatic rings.